The van der Waals surface area contributed by atoms with E-state index in [1.165, 1.54) is 18.5 Å². The number of fused-ring (bicyclic) bond motifs is 2. The first-order valence-corrected chi connectivity index (χ1v) is 9.97. The summed E-state index contributed by atoms with van der Waals surface area (Å²) in [5.74, 6) is 0.751. The van der Waals surface area contributed by atoms with Crippen LogP contribution in [-0.4, -0.2) is 34.7 Å². The van der Waals surface area contributed by atoms with Gasteiger partial charge in [-0.05, 0) is 60.5 Å². The van der Waals surface area contributed by atoms with Crippen molar-refractivity contribution in [3.63, 3.8) is 0 Å². The SMILES string of the molecule is CCOc1ncc2c(n1)N(c1ccc(OC(F)F)cc1)CC(c1ccc3ncoc3c1)=C2. The topological polar surface area (TPSA) is 73.5 Å². The fourth-order valence-corrected chi connectivity index (χ4v) is 3.61. The normalized spacial score (nSPS) is 13.2. The number of rotatable bonds is 6. The van der Waals surface area contributed by atoms with Crippen LogP contribution in [0.2, 0.25) is 0 Å². The second-order valence-corrected chi connectivity index (χ2v) is 7.03. The molecular formula is C23H18F2N4O3. The van der Waals surface area contributed by atoms with Crippen LogP contribution in [0.15, 0.2) is 59.5 Å². The van der Waals surface area contributed by atoms with Crippen LogP contribution < -0.4 is 14.4 Å². The standard InChI is InChI=1S/C23H18F2N4O3/c1-2-30-23-26-11-15-9-16(14-3-8-19-20(10-14)31-13-27-19)12-29(21(15)28-23)17-4-6-18(7-5-17)32-22(24)25/h3-11,13,22H,2,12H2,1H3. The van der Waals surface area contributed by atoms with Gasteiger partial charge in [-0.3, -0.25) is 0 Å². The zero-order chi connectivity index (χ0) is 22.1. The lowest BCUT2D eigenvalue weighted by atomic mass is 9.99. The zero-order valence-electron chi connectivity index (χ0n) is 17.0. The molecule has 7 nitrogen and oxygen atoms in total. The highest BCUT2D eigenvalue weighted by Crippen LogP contribution is 2.38. The maximum atomic E-state index is 12.5. The molecule has 1 aliphatic rings. The number of ether oxygens (including phenoxy) is 2. The van der Waals surface area contributed by atoms with Crippen molar-refractivity contribution >= 4 is 34.3 Å². The molecular weight excluding hydrogens is 418 g/mol. The maximum Gasteiger partial charge on any atom is 0.387 e. The molecule has 0 saturated heterocycles. The monoisotopic (exact) mass is 436 g/mol. The van der Waals surface area contributed by atoms with Crippen molar-refractivity contribution in [2.75, 3.05) is 18.1 Å². The van der Waals surface area contributed by atoms with Gasteiger partial charge in [0, 0.05) is 17.4 Å². The third-order valence-corrected chi connectivity index (χ3v) is 5.04. The molecule has 0 fully saturated rings. The number of oxazole rings is 1. The summed E-state index contributed by atoms with van der Waals surface area (Å²) in [6, 6.07) is 12.5. The van der Waals surface area contributed by atoms with Crippen molar-refractivity contribution in [1.29, 1.82) is 0 Å². The first kappa shape index (κ1) is 19.9. The van der Waals surface area contributed by atoms with Crippen LogP contribution in [0, 0.1) is 0 Å². The van der Waals surface area contributed by atoms with Gasteiger partial charge < -0.3 is 18.8 Å². The second-order valence-electron chi connectivity index (χ2n) is 7.03. The highest BCUT2D eigenvalue weighted by molar-refractivity contribution is 5.94. The summed E-state index contributed by atoms with van der Waals surface area (Å²) in [6.45, 7) is -0.0837. The van der Waals surface area contributed by atoms with E-state index >= 15 is 0 Å². The van der Waals surface area contributed by atoms with Gasteiger partial charge >= 0.3 is 12.6 Å². The summed E-state index contributed by atoms with van der Waals surface area (Å²) in [7, 11) is 0. The van der Waals surface area contributed by atoms with Gasteiger partial charge in [0.1, 0.15) is 17.1 Å². The van der Waals surface area contributed by atoms with E-state index in [9.17, 15) is 8.78 Å². The first-order chi connectivity index (χ1) is 15.6. The average Bonchev–Trinajstić information content (AvgIpc) is 3.27. The minimum absolute atomic E-state index is 0.0882. The number of nitrogens with zero attached hydrogens (tertiary/aromatic N) is 4. The van der Waals surface area contributed by atoms with Gasteiger partial charge in [-0.25, -0.2) is 9.97 Å². The van der Waals surface area contributed by atoms with Gasteiger partial charge in [-0.1, -0.05) is 6.07 Å². The van der Waals surface area contributed by atoms with Gasteiger partial charge in [-0.15, -0.1) is 0 Å². The molecule has 0 N–H and O–H groups in total. The first-order valence-electron chi connectivity index (χ1n) is 9.97. The Hall–Kier alpha value is -4.01. The highest BCUT2D eigenvalue weighted by atomic mass is 19.3. The molecule has 4 aromatic rings. The number of hydrogen-bond acceptors (Lipinski definition) is 7. The van der Waals surface area contributed by atoms with E-state index in [4.69, 9.17) is 9.15 Å². The summed E-state index contributed by atoms with van der Waals surface area (Å²) >= 11 is 0. The Morgan fingerprint density at radius 2 is 1.97 bits per heavy atom. The van der Waals surface area contributed by atoms with E-state index in [2.05, 4.69) is 19.7 Å². The summed E-state index contributed by atoms with van der Waals surface area (Å²) in [5, 5.41) is 0. The molecule has 0 radical (unpaired) electrons. The van der Waals surface area contributed by atoms with Crippen molar-refractivity contribution < 1.29 is 22.7 Å². The lowest BCUT2D eigenvalue weighted by molar-refractivity contribution is -0.0498. The van der Waals surface area contributed by atoms with Crippen LogP contribution >= 0.6 is 0 Å². The number of aromatic nitrogens is 3. The van der Waals surface area contributed by atoms with E-state index in [0.29, 0.717) is 24.6 Å². The number of anilines is 2. The Balaban J connectivity index is 1.56. The lowest BCUT2D eigenvalue weighted by Crippen LogP contribution is -2.25. The number of benzene rings is 2. The molecule has 0 unspecified atom stereocenters. The Labute approximate surface area is 181 Å². The van der Waals surface area contributed by atoms with Crippen molar-refractivity contribution in [3.05, 3.63) is 66.2 Å². The molecule has 9 heteroatoms. The largest absolute Gasteiger partial charge is 0.464 e. The molecule has 2 aromatic heterocycles. The zero-order valence-corrected chi connectivity index (χ0v) is 17.0. The predicted molar refractivity (Wildman–Crippen MR) is 115 cm³/mol. The van der Waals surface area contributed by atoms with Crippen LogP contribution in [0.25, 0.3) is 22.7 Å². The predicted octanol–water partition coefficient (Wildman–Crippen LogP) is 5.31. The summed E-state index contributed by atoms with van der Waals surface area (Å²) < 4.78 is 40.5. The van der Waals surface area contributed by atoms with E-state index < -0.39 is 6.61 Å². The molecule has 0 saturated carbocycles. The van der Waals surface area contributed by atoms with Crippen molar-refractivity contribution in [3.8, 4) is 11.8 Å². The summed E-state index contributed by atoms with van der Waals surface area (Å²) in [6.07, 6.45) is 5.14. The molecule has 32 heavy (non-hydrogen) atoms. The average molecular weight is 436 g/mol. The molecule has 1 aliphatic heterocycles. The second kappa shape index (κ2) is 8.26. The van der Waals surface area contributed by atoms with E-state index in [-0.39, 0.29) is 11.8 Å². The summed E-state index contributed by atoms with van der Waals surface area (Å²) in [4.78, 5) is 15.0. The lowest BCUT2D eigenvalue weighted by Gasteiger charge is -2.30. The quantitative estimate of drug-likeness (QED) is 0.406. The molecule has 3 heterocycles. The fourth-order valence-electron chi connectivity index (χ4n) is 3.61. The van der Waals surface area contributed by atoms with E-state index in [1.54, 1.807) is 18.3 Å². The van der Waals surface area contributed by atoms with Gasteiger partial charge in [0.25, 0.3) is 0 Å². The molecule has 0 atom stereocenters. The number of halogens is 2. The third kappa shape index (κ3) is 3.84. The Kier molecular flexibility index (Phi) is 5.14. The summed E-state index contributed by atoms with van der Waals surface area (Å²) in [5.41, 5.74) is 5.02. The Morgan fingerprint density at radius 3 is 2.75 bits per heavy atom. The number of hydrogen-bond donors (Lipinski definition) is 0. The minimum Gasteiger partial charge on any atom is -0.464 e. The fraction of sp³-hybridized carbons (Fsp3) is 0.174. The molecule has 2 aromatic carbocycles. The van der Waals surface area contributed by atoms with Crippen molar-refractivity contribution in [2.24, 2.45) is 0 Å². The smallest absolute Gasteiger partial charge is 0.387 e. The maximum absolute atomic E-state index is 12.5. The van der Waals surface area contributed by atoms with Crippen LogP contribution in [0.1, 0.15) is 18.1 Å². The molecule has 0 aliphatic carbocycles. The van der Waals surface area contributed by atoms with E-state index in [1.807, 2.05) is 36.1 Å². The molecule has 162 valence electrons. The van der Waals surface area contributed by atoms with Gasteiger partial charge in [0.2, 0.25) is 0 Å². The van der Waals surface area contributed by atoms with Gasteiger partial charge in [0.15, 0.2) is 12.0 Å². The van der Waals surface area contributed by atoms with Crippen molar-refractivity contribution in [2.45, 2.75) is 13.5 Å². The van der Waals surface area contributed by atoms with Gasteiger partial charge in [-0.2, -0.15) is 13.8 Å². The molecule has 0 bridgehead atoms. The molecule has 5 rings (SSSR count). The van der Waals surface area contributed by atoms with Gasteiger partial charge in [0.05, 0.1) is 13.2 Å². The van der Waals surface area contributed by atoms with Crippen LogP contribution in [-0.2, 0) is 0 Å². The minimum atomic E-state index is -2.88. The highest BCUT2D eigenvalue weighted by Gasteiger charge is 2.24. The Bertz CT molecular complexity index is 1290. The van der Waals surface area contributed by atoms with Crippen molar-refractivity contribution in [1.82, 2.24) is 15.0 Å². The van der Waals surface area contributed by atoms with Crippen LogP contribution in [0.3, 0.4) is 0 Å². The third-order valence-electron chi connectivity index (χ3n) is 5.04. The van der Waals surface area contributed by atoms with Crippen LogP contribution in [0.5, 0.6) is 11.8 Å². The molecule has 0 amide bonds. The molecule has 0 spiro atoms. The Morgan fingerprint density at radius 1 is 1.12 bits per heavy atom. The number of alkyl halides is 2. The van der Waals surface area contributed by atoms with E-state index in [0.717, 1.165) is 27.9 Å². The van der Waals surface area contributed by atoms with Crippen LogP contribution in [0.4, 0.5) is 20.3 Å².